The summed E-state index contributed by atoms with van der Waals surface area (Å²) in [6, 6.07) is 8.69. The van der Waals surface area contributed by atoms with Crippen LogP contribution in [0, 0.1) is 10.1 Å². The number of nitro groups is 1. The number of aromatic nitrogens is 4. The van der Waals surface area contributed by atoms with Crippen molar-refractivity contribution in [3.8, 4) is 0 Å². The van der Waals surface area contributed by atoms with Crippen LogP contribution in [-0.2, 0) is 0 Å². The third-order valence-corrected chi connectivity index (χ3v) is 5.60. The minimum atomic E-state index is -0.526. The van der Waals surface area contributed by atoms with Gasteiger partial charge in [0.15, 0.2) is 0 Å². The van der Waals surface area contributed by atoms with E-state index in [1.807, 2.05) is 18.2 Å². The summed E-state index contributed by atoms with van der Waals surface area (Å²) in [5.41, 5.74) is 2.66. The first-order chi connectivity index (χ1) is 11.1. The molecule has 0 bridgehead atoms. The summed E-state index contributed by atoms with van der Waals surface area (Å²) in [6.45, 7) is 0. The van der Waals surface area contributed by atoms with Crippen molar-refractivity contribution < 1.29 is 4.92 Å². The van der Waals surface area contributed by atoms with Crippen LogP contribution in [-0.4, -0.2) is 50.8 Å². The number of nitrogens with zero attached hydrogens (tertiary/aromatic N) is 5. The zero-order valence-corrected chi connectivity index (χ0v) is 15.9. The molecule has 0 saturated carbocycles. The summed E-state index contributed by atoms with van der Waals surface area (Å²) in [6.07, 6.45) is 0. The zero-order valence-electron chi connectivity index (χ0n) is 11.0. The fraction of sp³-hybridized carbons (Fsp3) is 0. The van der Waals surface area contributed by atoms with Gasteiger partial charge in [-0.05, 0) is 0 Å². The summed E-state index contributed by atoms with van der Waals surface area (Å²) in [7, 11) is 0. The standard InChI is InChI=1S/C6H2ClN3O2Se.C6H3ClN2Se/c7-3-1-2-4-5(9-13-8-4)6(3)10(11)12;7-4-1-2-5-6(3-4)9-10-8-5/h1-2H;1-3H. The van der Waals surface area contributed by atoms with Crippen LogP contribution in [0.25, 0.3) is 22.1 Å². The van der Waals surface area contributed by atoms with E-state index in [1.54, 1.807) is 6.07 Å². The molecule has 2 heterocycles. The van der Waals surface area contributed by atoms with E-state index in [-0.39, 0.29) is 40.6 Å². The van der Waals surface area contributed by atoms with Crippen molar-refractivity contribution in [1.82, 2.24) is 15.9 Å². The van der Waals surface area contributed by atoms with Gasteiger partial charge in [-0.3, -0.25) is 0 Å². The van der Waals surface area contributed by atoms with Crippen molar-refractivity contribution in [3.05, 3.63) is 50.5 Å². The molecule has 2 aromatic carbocycles. The first-order valence-corrected chi connectivity index (χ1v) is 9.81. The van der Waals surface area contributed by atoms with Gasteiger partial charge in [0.25, 0.3) is 0 Å². The Labute approximate surface area is 151 Å². The summed E-state index contributed by atoms with van der Waals surface area (Å²) in [5, 5.41) is 11.5. The Hall–Kier alpha value is -1.34. The maximum absolute atomic E-state index is 10.6. The van der Waals surface area contributed by atoms with Crippen molar-refractivity contribution in [2.24, 2.45) is 0 Å². The Morgan fingerprint density at radius 1 is 0.913 bits per heavy atom. The quantitative estimate of drug-likeness (QED) is 0.236. The Morgan fingerprint density at radius 3 is 2.35 bits per heavy atom. The number of nitro benzene ring substituents is 1. The molecule has 4 aromatic rings. The Kier molecular flexibility index (Phi) is 5.06. The third kappa shape index (κ3) is 3.61. The zero-order chi connectivity index (χ0) is 16.4. The van der Waals surface area contributed by atoms with Gasteiger partial charge < -0.3 is 0 Å². The normalized spacial score (nSPS) is 10.5. The molecule has 0 fully saturated rings. The van der Waals surface area contributed by atoms with Crippen LogP contribution in [0.3, 0.4) is 0 Å². The van der Waals surface area contributed by atoms with E-state index in [0.29, 0.717) is 11.0 Å². The van der Waals surface area contributed by atoms with Crippen molar-refractivity contribution >= 4 is 80.9 Å². The molecular formula is C12H5Cl2N5O2Se2. The number of rotatable bonds is 1. The Morgan fingerprint density at radius 2 is 1.57 bits per heavy atom. The van der Waals surface area contributed by atoms with E-state index in [9.17, 15) is 10.1 Å². The first-order valence-electron chi connectivity index (χ1n) is 5.99. The fourth-order valence-corrected chi connectivity index (χ4v) is 4.34. The van der Waals surface area contributed by atoms with Gasteiger partial charge in [-0.25, -0.2) is 0 Å². The Balaban J connectivity index is 0.000000140. The minimum absolute atomic E-state index is 0.0625. The molecular weight excluding hydrogens is 475 g/mol. The molecule has 0 aliphatic rings. The first kappa shape index (κ1) is 16.5. The molecule has 2 aromatic heterocycles. The van der Waals surface area contributed by atoms with Crippen molar-refractivity contribution in [2.45, 2.75) is 0 Å². The molecule has 0 atom stereocenters. The molecule has 0 spiro atoms. The summed E-state index contributed by atoms with van der Waals surface area (Å²) in [5.74, 6) is 0. The monoisotopic (exact) mass is 481 g/mol. The topological polar surface area (TPSA) is 94.7 Å². The molecule has 116 valence electrons. The maximum atomic E-state index is 10.6. The third-order valence-electron chi connectivity index (χ3n) is 2.75. The average molecular weight is 480 g/mol. The number of benzene rings is 2. The van der Waals surface area contributed by atoms with Crippen LogP contribution in [0.15, 0.2) is 30.3 Å². The van der Waals surface area contributed by atoms with Gasteiger partial charge in [-0.15, -0.1) is 0 Å². The number of hydrogen-bond acceptors (Lipinski definition) is 6. The number of halogens is 2. The predicted octanol–water partition coefficient (Wildman–Crippen LogP) is 2.59. The van der Waals surface area contributed by atoms with Gasteiger partial charge >= 0.3 is 152 Å². The SMILES string of the molecule is Clc1ccc2n[se]nc2c1.O=[N+]([O-])c1c(Cl)ccc2n[se]nc12. The van der Waals surface area contributed by atoms with Crippen LogP contribution in [0.1, 0.15) is 0 Å². The molecule has 0 unspecified atom stereocenters. The molecule has 0 radical (unpaired) electrons. The van der Waals surface area contributed by atoms with Gasteiger partial charge in [0.1, 0.15) is 0 Å². The molecule has 0 aliphatic carbocycles. The van der Waals surface area contributed by atoms with E-state index in [1.165, 1.54) is 6.07 Å². The molecule has 4 rings (SSSR count). The van der Waals surface area contributed by atoms with Gasteiger partial charge in [0, 0.05) is 0 Å². The predicted molar refractivity (Wildman–Crippen MR) is 89.6 cm³/mol. The fourth-order valence-electron chi connectivity index (χ4n) is 1.74. The molecule has 0 aliphatic heterocycles. The second kappa shape index (κ2) is 7.05. The summed E-state index contributed by atoms with van der Waals surface area (Å²) < 4.78 is 16.3. The number of hydrogen-bond donors (Lipinski definition) is 0. The molecule has 0 amide bonds. The van der Waals surface area contributed by atoms with Gasteiger partial charge in [-0.2, -0.15) is 0 Å². The van der Waals surface area contributed by atoms with E-state index in [4.69, 9.17) is 23.2 Å². The van der Waals surface area contributed by atoms with E-state index in [2.05, 4.69) is 15.9 Å². The summed E-state index contributed by atoms with van der Waals surface area (Å²) in [4.78, 5) is 10.1. The average Bonchev–Trinajstić information content (AvgIpc) is 3.14. The van der Waals surface area contributed by atoms with Crippen molar-refractivity contribution in [1.29, 1.82) is 0 Å². The van der Waals surface area contributed by atoms with E-state index in [0.717, 1.165) is 16.1 Å². The molecule has 0 saturated heterocycles. The molecule has 7 nitrogen and oxygen atoms in total. The van der Waals surface area contributed by atoms with Crippen LogP contribution < -0.4 is 0 Å². The van der Waals surface area contributed by atoms with Gasteiger partial charge in [0.05, 0.1) is 0 Å². The van der Waals surface area contributed by atoms with Crippen molar-refractivity contribution in [3.63, 3.8) is 0 Å². The van der Waals surface area contributed by atoms with Gasteiger partial charge in [0.2, 0.25) is 0 Å². The van der Waals surface area contributed by atoms with Crippen LogP contribution in [0.4, 0.5) is 5.69 Å². The van der Waals surface area contributed by atoms with Crippen LogP contribution >= 0.6 is 23.2 Å². The second-order valence-corrected chi connectivity index (χ2v) is 7.24. The van der Waals surface area contributed by atoms with Crippen LogP contribution in [0.5, 0.6) is 0 Å². The van der Waals surface area contributed by atoms with Gasteiger partial charge in [-0.1, -0.05) is 0 Å². The Bertz CT molecular complexity index is 1000. The summed E-state index contributed by atoms with van der Waals surface area (Å²) >= 11 is 11.2. The van der Waals surface area contributed by atoms with Crippen molar-refractivity contribution in [2.75, 3.05) is 0 Å². The molecule has 11 heteroatoms. The second-order valence-electron chi connectivity index (χ2n) is 4.18. The van der Waals surface area contributed by atoms with E-state index >= 15 is 0 Å². The molecule has 23 heavy (non-hydrogen) atoms. The van der Waals surface area contributed by atoms with Crippen LogP contribution in [0.2, 0.25) is 10.0 Å². The molecule has 0 N–H and O–H groups in total. The van der Waals surface area contributed by atoms with E-state index < -0.39 is 4.92 Å². The number of fused-ring (bicyclic) bond motifs is 2.